The molecule has 0 atom stereocenters. The average molecular weight is 266 g/mol. The SMILES string of the molecule is Cc1ccnc(S(=O)(=O)CCS(=O)(=O)O)n1. The van der Waals surface area contributed by atoms with Crippen molar-refractivity contribution < 1.29 is 21.4 Å². The zero-order valence-corrected chi connectivity index (χ0v) is 9.99. The van der Waals surface area contributed by atoms with E-state index < -0.39 is 36.6 Å². The van der Waals surface area contributed by atoms with Crippen molar-refractivity contribution in [2.24, 2.45) is 0 Å². The van der Waals surface area contributed by atoms with Gasteiger partial charge in [0.25, 0.3) is 10.1 Å². The van der Waals surface area contributed by atoms with Crippen LogP contribution < -0.4 is 0 Å². The highest BCUT2D eigenvalue weighted by Crippen LogP contribution is 2.05. The maximum atomic E-state index is 11.5. The predicted molar refractivity (Wildman–Crippen MR) is 55.2 cm³/mol. The fourth-order valence-electron chi connectivity index (χ4n) is 0.882. The predicted octanol–water partition coefficient (Wildman–Crippen LogP) is -0.553. The van der Waals surface area contributed by atoms with Crippen molar-refractivity contribution in [1.82, 2.24) is 9.97 Å². The van der Waals surface area contributed by atoms with Crippen molar-refractivity contribution >= 4 is 20.0 Å². The second kappa shape index (κ2) is 4.44. The van der Waals surface area contributed by atoms with Gasteiger partial charge in [0.05, 0.1) is 11.5 Å². The summed E-state index contributed by atoms with van der Waals surface area (Å²) in [6, 6.07) is 1.52. The molecule has 0 saturated heterocycles. The van der Waals surface area contributed by atoms with E-state index >= 15 is 0 Å². The second-order valence-corrected chi connectivity index (χ2v) is 6.66. The van der Waals surface area contributed by atoms with E-state index in [9.17, 15) is 16.8 Å². The van der Waals surface area contributed by atoms with Crippen LogP contribution in [0.4, 0.5) is 0 Å². The summed E-state index contributed by atoms with van der Waals surface area (Å²) in [5, 5.41) is -0.434. The quantitative estimate of drug-likeness (QED) is 0.574. The third-order valence-corrected chi connectivity index (χ3v) is 4.13. The molecule has 0 saturated carbocycles. The van der Waals surface area contributed by atoms with Gasteiger partial charge in [0.2, 0.25) is 15.0 Å². The molecule has 0 aliphatic rings. The molecule has 1 aromatic heterocycles. The lowest BCUT2D eigenvalue weighted by atomic mass is 10.5. The molecule has 0 radical (unpaired) electrons. The lowest BCUT2D eigenvalue weighted by molar-refractivity contribution is 0.484. The van der Waals surface area contributed by atoms with Gasteiger partial charge in [0, 0.05) is 11.9 Å². The molecule has 0 spiro atoms. The van der Waals surface area contributed by atoms with Crippen LogP contribution in [0.15, 0.2) is 17.4 Å². The first-order valence-electron chi connectivity index (χ1n) is 4.18. The van der Waals surface area contributed by atoms with Gasteiger partial charge in [0.15, 0.2) is 0 Å². The van der Waals surface area contributed by atoms with E-state index in [0.29, 0.717) is 5.69 Å². The molecule has 0 aromatic carbocycles. The van der Waals surface area contributed by atoms with Crippen molar-refractivity contribution in [1.29, 1.82) is 0 Å². The van der Waals surface area contributed by atoms with Gasteiger partial charge < -0.3 is 0 Å². The van der Waals surface area contributed by atoms with Gasteiger partial charge in [-0.3, -0.25) is 4.55 Å². The number of hydrogen-bond acceptors (Lipinski definition) is 6. The number of aryl methyl sites for hydroxylation is 1. The Hall–Kier alpha value is -1.06. The number of aromatic nitrogens is 2. The first-order valence-corrected chi connectivity index (χ1v) is 7.44. The number of hydrogen-bond donors (Lipinski definition) is 1. The Balaban J connectivity index is 2.95. The molecular formula is C7H10N2O5S2. The zero-order valence-electron chi connectivity index (χ0n) is 8.36. The van der Waals surface area contributed by atoms with Crippen molar-refractivity contribution in [2.45, 2.75) is 12.1 Å². The van der Waals surface area contributed by atoms with E-state index in [1.54, 1.807) is 6.92 Å². The van der Waals surface area contributed by atoms with Crippen molar-refractivity contribution in [3.8, 4) is 0 Å². The van der Waals surface area contributed by atoms with Crippen molar-refractivity contribution in [3.63, 3.8) is 0 Å². The van der Waals surface area contributed by atoms with Crippen LogP contribution in [0, 0.1) is 6.92 Å². The van der Waals surface area contributed by atoms with E-state index in [1.807, 2.05) is 0 Å². The van der Waals surface area contributed by atoms with Crippen LogP contribution in [0.25, 0.3) is 0 Å². The molecule has 1 aromatic rings. The van der Waals surface area contributed by atoms with Gasteiger partial charge in [-0.1, -0.05) is 0 Å². The normalized spacial score (nSPS) is 12.6. The smallest absolute Gasteiger partial charge is 0.265 e. The molecule has 0 unspecified atom stereocenters. The van der Waals surface area contributed by atoms with Crippen LogP contribution in [0.3, 0.4) is 0 Å². The molecule has 16 heavy (non-hydrogen) atoms. The largest absolute Gasteiger partial charge is 0.286 e. The maximum Gasteiger partial charge on any atom is 0.265 e. The van der Waals surface area contributed by atoms with Crippen LogP contribution >= 0.6 is 0 Å². The molecule has 90 valence electrons. The molecule has 0 amide bonds. The van der Waals surface area contributed by atoms with Crippen molar-refractivity contribution in [3.05, 3.63) is 18.0 Å². The molecule has 0 fully saturated rings. The minimum Gasteiger partial charge on any atom is -0.286 e. The van der Waals surface area contributed by atoms with E-state index in [4.69, 9.17) is 4.55 Å². The van der Waals surface area contributed by atoms with Gasteiger partial charge >= 0.3 is 0 Å². The van der Waals surface area contributed by atoms with E-state index in [0.717, 1.165) is 0 Å². The van der Waals surface area contributed by atoms with Crippen LogP contribution in [-0.4, -0.2) is 42.9 Å². The lowest BCUT2D eigenvalue weighted by Crippen LogP contribution is -2.18. The maximum absolute atomic E-state index is 11.5. The highest BCUT2D eigenvalue weighted by Gasteiger charge is 2.21. The number of nitrogens with zero attached hydrogens (tertiary/aromatic N) is 2. The molecule has 0 bridgehead atoms. The Kier molecular flexibility index (Phi) is 3.61. The molecule has 9 heteroatoms. The van der Waals surface area contributed by atoms with Crippen molar-refractivity contribution in [2.75, 3.05) is 11.5 Å². The highest BCUT2D eigenvalue weighted by atomic mass is 32.2. The fraction of sp³-hybridized carbons (Fsp3) is 0.429. The minimum absolute atomic E-state index is 0.434. The molecule has 1 heterocycles. The first-order chi connectivity index (χ1) is 7.21. The monoisotopic (exact) mass is 266 g/mol. The Morgan fingerprint density at radius 3 is 2.38 bits per heavy atom. The van der Waals surface area contributed by atoms with Crippen LogP contribution in [-0.2, 0) is 20.0 Å². The van der Waals surface area contributed by atoms with E-state index in [2.05, 4.69) is 9.97 Å². The van der Waals surface area contributed by atoms with Gasteiger partial charge in [-0.25, -0.2) is 18.4 Å². The Bertz CT molecular complexity index is 579. The highest BCUT2D eigenvalue weighted by molar-refractivity contribution is 7.93. The van der Waals surface area contributed by atoms with Crippen LogP contribution in [0.1, 0.15) is 5.69 Å². The zero-order chi connectivity index (χ0) is 12.4. The topological polar surface area (TPSA) is 114 Å². The average Bonchev–Trinajstić information content (AvgIpc) is 2.14. The standard InChI is InChI=1S/C7H10N2O5S2/c1-6-2-3-8-7(9-6)15(10,11)4-5-16(12,13)14/h2-3H,4-5H2,1H3,(H,12,13,14). The molecule has 7 nitrogen and oxygen atoms in total. The first kappa shape index (κ1) is 13.0. The lowest BCUT2D eigenvalue weighted by Gasteiger charge is -2.01. The summed E-state index contributed by atoms with van der Waals surface area (Å²) in [5.74, 6) is -1.61. The number of sulfone groups is 1. The number of rotatable bonds is 4. The van der Waals surface area contributed by atoms with Gasteiger partial charge in [-0.2, -0.15) is 8.42 Å². The third-order valence-electron chi connectivity index (χ3n) is 1.66. The second-order valence-electron chi connectivity index (χ2n) is 3.09. The Labute approximate surface area is 93.2 Å². The molecule has 1 N–H and O–H groups in total. The summed E-state index contributed by atoms with van der Waals surface area (Å²) in [7, 11) is -8.19. The minimum atomic E-state index is -4.31. The summed E-state index contributed by atoms with van der Waals surface area (Å²) < 4.78 is 52.4. The van der Waals surface area contributed by atoms with E-state index in [-0.39, 0.29) is 0 Å². The summed E-state index contributed by atoms with van der Waals surface area (Å²) in [5.41, 5.74) is 0.459. The van der Waals surface area contributed by atoms with Gasteiger partial charge in [0.1, 0.15) is 0 Å². The molecular weight excluding hydrogens is 256 g/mol. The molecule has 0 aliphatic carbocycles. The molecule has 1 rings (SSSR count). The third kappa shape index (κ3) is 3.83. The van der Waals surface area contributed by atoms with Gasteiger partial charge in [-0.15, -0.1) is 0 Å². The Morgan fingerprint density at radius 2 is 1.88 bits per heavy atom. The molecule has 0 aliphatic heterocycles. The fourth-order valence-corrected chi connectivity index (χ4v) is 3.29. The summed E-state index contributed by atoms with van der Waals surface area (Å²) in [6.45, 7) is 1.59. The summed E-state index contributed by atoms with van der Waals surface area (Å²) in [4.78, 5) is 7.21. The Morgan fingerprint density at radius 1 is 1.25 bits per heavy atom. The summed E-state index contributed by atoms with van der Waals surface area (Å²) >= 11 is 0. The summed E-state index contributed by atoms with van der Waals surface area (Å²) in [6.07, 6.45) is 1.27. The van der Waals surface area contributed by atoms with Gasteiger partial charge in [-0.05, 0) is 13.0 Å². The van der Waals surface area contributed by atoms with E-state index in [1.165, 1.54) is 12.3 Å². The van der Waals surface area contributed by atoms with Crippen LogP contribution in [0.5, 0.6) is 0 Å². The van der Waals surface area contributed by atoms with Crippen LogP contribution in [0.2, 0.25) is 0 Å².